The lowest BCUT2D eigenvalue weighted by Gasteiger charge is -2.27. The van der Waals surface area contributed by atoms with Gasteiger partial charge in [-0.2, -0.15) is 0 Å². The monoisotopic (exact) mass is 548 g/mol. The lowest BCUT2D eigenvalue weighted by molar-refractivity contribution is 0.0829. The summed E-state index contributed by atoms with van der Waals surface area (Å²) in [6.07, 6.45) is 0. The second-order valence-corrected chi connectivity index (χ2v) is 11.4. The summed E-state index contributed by atoms with van der Waals surface area (Å²) in [6.45, 7) is 0. The van der Waals surface area contributed by atoms with E-state index < -0.39 is 47.7 Å². The summed E-state index contributed by atoms with van der Waals surface area (Å²) in [4.78, 5) is 40.1. The summed E-state index contributed by atoms with van der Waals surface area (Å²) < 4.78 is 54.3. The predicted octanol–water partition coefficient (Wildman–Crippen LogP) is 4.17. The number of rotatable bonds is 6. The van der Waals surface area contributed by atoms with Crippen LogP contribution in [0.25, 0.3) is 0 Å². The number of hydrogen-bond donors (Lipinski definition) is 0. The minimum Gasteiger partial charge on any atom is -0.267 e. The molecule has 4 rings (SSSR count). The smallest absolute Gasteiger partial charge is 0.267 e. The van der Waals surface area contributed by atoms with Crippen molar-refractivity contribution in [3.63, 3.8) is 0 Å². The first-order valence-electron chi connectivity index (χ1n) is 11.1. The first-order chi connectivity index (χ1) is 18.2. The van der Waals surface area contributed by atoms with Crippen LogP contribution in [0.2, 0.25) is 0 Å². The number of nitrogens with zero attached hydrogens (tertiary/aromatic N) is 2. The standard InChI is InChI=1S/C27H20N2O7S2/c30-25(21-13-5-1-6-14-21)28(37(33,34)23-17-9-3-10-18-23)27(32)29(26(31)22-15-7-2-8-16-22)38(35,36)24-19-11-4-12-20-24/h1-20H. The average Bonchev–Trinajstić information content (AvgIpc) is 2.95. The lowest BCUT2D eigenvalue weighted by Crippen LogP contribution is -2.53. The molecule has 0 aliphatic heterocycles. The highest BCUT2D eigenvalue weighted by atomic mass is 32.2. The van der Waals surface area contributed by atoms with Crippen molar-refractivity contribution in [1.29, 1.82) is 0 Å². The fourth-order valence-corrected chi connectivity index (χ4v) is 6.17. The van der Waals surface area contributed by atoms with Crippen molar-refractivity contribution in [2.75, 3.05) is 0 Å². The summed E-state index contributed by atoms with van der Waals surface area (Å²) in [5.41, 5.74) is -0.436. The van der Waals surface area contributed by atoms with Gasteiger partial charge in [-0.3, -0.25) is 9.59 Å². The van der Waals surface area contributed by atoms with Crippen LogP contribution in [0, 0.1) is 0 Å². The maximum atomic E-state index is 14.0. The number of carbonyl (C=O) groups is 3. The molecule has 0 unspecified atom stereocenters. The van der Waals surface area contributed by atoms with E-state index >= 15 is 0 Å². The number of benzene rings is 4. The summed E-state index contributed by atoms with van der Waals surface area (Å²) >= 11 is 0. The van der Waals surface area contributed by atoms with Crippen molar-refractivity contribution >= 4 is 37.9 Å². The third-order valence-corrected chi connectivity index (χ3v) is 8.66. The largest absolute Gasteiger partial charge is 0.362 e. The highest BCUT2D eigenvalue weighted by Gasteiger charge is 2.46. The van der Waals surface area contributed by atoms with Gasteiger partial charge in [-0.15, -0.1) is 8.61 Å². The Morgan fingerprint density at radius 2 is 0.684 bits per heavy atom. The zero-order valence-corrected chi connectivity index (χ0v) is 21.2. The Morgan fingerprint density at radius 3 is 0.974 bits per heavy atom. The van der Waals surface area contributed by atoms with Crippen LogP contribution in [0.5, 0.6) is 0 Å². The molecule has 0 aromatic heterocycles. The molecule has 4 aromatic rings. The van der Waals surface area contributed by atoms with Crippen LogP contribution in [-0.4, -0.2) is 43.3 Å². The number of amides is 4. The van der Waals surface area contributed by atoms with Crippen molar-refractivity contribution in [3.05, 3.63) is 132 Å². The first-order valence-corrected chi connectivity index (χ1v) is 14.0. The Kier molecular flexibility index (Phi) is 7.51. The molecule has 0 heterocycles. The Hall–Kier alpha value is -4.61. The van der Waals surface area contributed by atoms with Gasteiger partial charge in [0.25, 0.3) is 31.9 Å². The van der Waals surface area contributed by atoms with Crippen LogP contribution in [0.15, 0.2) is 131 Å². The fourth-order valence-electron chi connectivity index (χ4n) is 3.47. The molecule has 4 aromatic carbocycles. The van der Waals surface area contributed by atoms with Crippen LogP contribution in [0.1, 0.15) is 20.7 Å². The highest BCUT2D eigenvalue weighted by Crippen LogP contribution is 2.26. The molecule has 9 nitrogen and oxygen atoms in total. The zero-order chi connectivity index (χ0) is 27.3. The minimum absolute atomic E-state index is 0.195. The van der Waals surface area contributed by atoms with Crippen molar-refractivity contribution in [1.82, 2.24) is 8.61 Å². The SMILES string of the molecule is O=C(c1ccccc1)N(C(=O)N(C(=O)c1ccccc1)S(=O)(=O)c1ccccc1)S(=O)(=O)c1ccccc1. The van der Waals surface area contributed by atoms with E-state index in [-0.39, 0.29) is 19.7 Å². The van der Waals surface area contributed by atoms with Gasteiger partial charge in [0.15, 0.2) is 0 Å². The topological polar surface area (TPSA) is 126 Å². The fraction of sp³-hybridized carbons (Fsp3) is 0. The van der Waals surface area contributed by atoms with Crippen molar-refractivity contribution in [3.8, 4) is 0 Å². The van der Waals surface area contributed by atoms with Gasteiger partial charge in [-0.05, 0) is 48.5 Å². The Labute approximate surface area is 219 Å². The molecule has 11 heteroatoms. The second kappa shape index (κ2) is 10.8. The van der Waals surface area contributed by atoms with E-state index in [4.69, 9.17) is 0 Å². The van der Waals surface area contributed by atoms with Crippen LogP contribution >= 0.6 is 0 Å². The van der Waals surface area contributed by atoms with Crippen LogP contribution in [-0.2, 0) is 20.0 Å². The molecule has 0 saturated heterocycles. The molecular formula is C27H20N2O7S2. The van der Waals surface area contributed by atoms with E-state index in [1.54, 1.807) is 12.1 Å². The maximum absolute atomic E-state index is 14.0. The van der Waals surface area contributed by atoms with Gasteiger partial charge in [-0.25, -0.2) is 21.6 Å². The van der Waals surface area contributed by atoms with Gasteiger partial charge >= 0.3 is 6.03 Å². The molecule has 192 valence electrons. The number of sulfonamides is 2. The summed E-state index contributed by atoms with van der Waals surface area (Å²) in [7, 11) is -9.95. The van der Waals surface area contributed by atoms with Crippen molar-refractivity contribution in [2.45, 2.75) is 9.79 Å². The van der Waals surface area contributed by atoms with Gasteiger partial charge in [0.2, 0.25) is 0 Å². The second-order valence-electron chi connectivity index (χ2n) is 7.79. The third-order valence-electron chi connectivity index (χ3n) is 5.32. The molecule has 0 aliphatic rings. The molecule has 0 fully saturated rings. The van der Waals surface area contributed by atoms with Crippen LogP contribution < -0.4 is 0 Å². The Bertz CT molecular complexity index is 1550. The first kappa shape index (κ1) is 26.5. The molecule has 0 radical (unpaired) electrons. The van der Waals surface area contributed by atoms with Crippen LogP contribution in [0.3, 0.4) is 0 Å². The molecule has 0 saturated carbocycles. The van der Waals surface area contributed by atoms with E-state index in [1.165, 1.54) is 84.9 Å². The van der Waals surface area contributed by atoms with Crippen molar-refractivity contribution in [2.24, 2.45) is 0 Å². The predicted molar refractivity (Wildman–Crippen MR) is 138 cm³/mol. The van der Waals surface area contributed by atoms with Gasteiger partial charge in [0, 0.05) is 11.1 Å². The highest BCUT2D eigenvalue weighted by molar-refractivity contribution is 7.91. The lowest BCUT2D eigenvalue weighted by atomic mass is 10.2. The van der Waals surface area contributed by atoms with Gasteiger partial charge in [-0.1, -0.05) is 72.8 Å². The van der Waals surface area contributed by atoms with E-state index in [0.717, 1.165) is 24.3 Å². The minimum atomic E-state index is -4.97. The number of imide groups is 2. The Morgan fingerprint density at radius 1 is 0.421 bits per heavy atom. The normalized spacial score (nSPS) is 11.4. The average molecular weight is 549 g/mol. The molecule has 0 aliphatic carbocycles. The molecule has 0 N–H and O–H groups in total. The molecule has 4 amide bonds. The van der Waals surface area contributed by atoms with Crippen molar-refractivity contribution < 1.29 is 31.2 Å². The summed E-state index contributed by atoms with van der Waals surface area (Å²) in [6, 6.07) is 25.2. The van der Waals surface area contributed by atoms with Gasteiger partial charge in [0.05, 0.1) is 9.79 Å². The van der Waals surface area contributed by atoms with E-state index in [9.17, 15) is 31.2 Å². The number of hydrogen-bond acceptors (Lipinski definition) is 7. The quantitative estimate of drug-likeness (QED) is 0.354. The number of urea groups is 1. The van der Waals surface area contributed by atoms with E-state index in [0.29, 0.717) is 0 Å². The number of carbonyl (C=O) groups excluding carboxylic acids is 3. The van der Waals surface area contributed by atoms with E-state index in [2.05, 4.69) is 0 Å². The Balaban J connectivity index is 1.95. The molecular weight excluding hydrogens is 528 g/mol. The molecule has 0 atom stereocenters. The summed E-state index contributed by atoms with van der Waals surface area (Å²) in [5.74, 6) is -2.68. The zero-order valence-electron chi connectivity index (χ0n) is 19.6. The van der Waals surface area contributed by atoms with E-state index in [1.807, 2.05) is 0 Å². The molecule has 0 spiro atoms. The molecule has 0 bridgehead atoms. The van der Waals surface area contributed by atoms with Gasteiger partial charge in [0.1, 0.15) is 0 Å². The summed E-state index contributed by atoms with van der Waals surface area (Å²) in [5, 5.41) is 0. The van der Waals surface area contributed by atoms with Crippen LogP contribution in [0.4, 0.5) is 4.79 Å². The third kappa shape index (κ3) is 5.10. The maximum Gasteiger partial charge on any atom is 0.362 e. The molecule has 38 heavy (non-hydrogen) atoms. The van der Waals surface area contributed by atoms with Gasteiger partial charge < -0.3 is 0 Å².